The predicted molar refractivity (Wildman–Crippen MR) is 64.4 cm³/mol. The fourth-order valence-electron chi connectivity index (χ4n) is 1.92. The third kappa shape index (κ3) is 3.62. The van der Waals surface area contributed by atoms with Crippen LogP contribution in [0.15, 0.2) is 29.2 Å². The molecule has 1 aliphatic rings. The minimum atomic E-state index is -4.95. The predicted octanol–water partition coefficient (Wildman–Crippen LogP) is 1.35. The average molecular weight is 310 g/mol. The van der Waals surface area contributed by atoms with Crippen LogP contribution in [0.5, 0.6) is 5.75 Å². The van der Waals surface area contributed by atoms with Crippen LogP contribution >= 0.6 is 0 Å². The molecule has 0 atom stereocenters. The van der Waals surface area contributed by atoms with Gasteiger partial charge in [0.2, 0.25) is 10.0 Å². The maximum absolute atomic E-state index is 12.2. The first-order valence-electron chi connectivity index (χ1n) is 5.80. The maximum atomic E-state index is 12.2. The fraction of sp³-hybridized carbons (Fsp3) is 0.455. The lowest BCUT2D eigenvalue weighted by atomic mass is 9.89. The Kier molecular flexibility index (Phi) is 3.94. The summed E-state index contributed by atoms with van der Waals surface area (Å²) >= 11 is 0. The van der Waals surface area contributed by atoms with Gasteiger partial charge in [-0.1, -0.05) is 12.1 Å². The summed E-state index contributed by atoms with van der Waals surface area (Å²) in [5.74, 6) is -0.754. The van der Waals surface area contributed by atoms with Gasteiger partial charge in [0, 0.05) is 12.1 Å². The monoisotopic (exact) mass is 310 g/mol. The number of hydrogen-bond acceptors (Lipinski definition) is 4. The number of benzene rings is 1. The zero-order chi connectivity index (χ0) is 15.0. The summed E-state index contributed by atoms with van der Waals surface area (Å²) in [5.41, 5.74) is 5.53. The lowest BCUT2D eigenvalue weighted by Crippen LogP contribution is -2.50. The van der Waals surface area contributed by atoms with E-state index in [0.29, 0.717) is 12.8 Å². The highest BCUT2D eigenvalue weighted by Crippen LogP contribution is 2.30. The second kappa shape index (κ2) is 5.23. The van der Waals surface area contributed by atoms with Crippen LogP contribution in [0.4, 0.5) is 13.2 Å². The molecular formula is C11H13F3N2O3S. The van der Waals surface area contributed by atoms with Crippen molar-refractivity contribution in [1.82, 2.24) is 4.72 Å². The number of ether oxygens (including phenoxy) is 1. The molecule has 1 aromatic rings. The minimum absolute atomic E-state index is 0.0793. The van der Waals surface area contributed by atoms with Gasteiger partial charge in [-0.15, -0.1) is 13.2 Å². The van der Waals surface area contributed by atoms with Crippen molar-refractivity contribution in [1.29, 1.82) is 0 Å². The molecule has 5 nitrogen and oxygen atoms in total. The van der Waals surface area contributed by atoms with E-state index in [2.05, 4.69) is 9.46 Å². The van der Waals surface area contributed by atoms with E-state index in [1.165, 1.54) is 12.1 Å². The van der Waals surface area contributed by atoms with Crippen molar-refractivity contribution in [3.63, 3.8) is 0 Å². The summed E-state index contributed by atoms with van der Waals surface area (Å²) in [6.45, 7) is 0. The Bertz CT molecular complexity index is 583. The van der Waals surface area contributed by atoms with E-state index in [-0.39, 0.29) is 12.1 Å². The number of alkyl halides is 3. The van der Waals surface area contributed by atoms with Crippen molar-refractivity contribution in [2.24, 2.45) is 5.73 Å². The Hall–Kier alpha value is -1.32. The van der Waals surface area contributed by atoms with Crippen LogP contribution in [0, 0.1) is 0 Å². The first-order valence-corrected chi connectivity index (χ1v) is 7.28. The lowest BCUT2D eigenvalue weighted by Gasteiger charge is -2.32. The van der Waals surface area contributed by atoms with Crippen molar-refractivity contribution >= 4 is 10.0 Å². The molecule has 20 heavy (non-hydrogen) atoms. The lowest BCUT2D eigenvalue weighted by molar-refractivity contribution is -0.275. The van der Waals surface area contributed by atoms with Crippen molar-refractivity contribution in [2.45, 2.75) is 36.2 Å². The van der Waals surface area contributed by atoms with E-state index in [0.717, 1.165) is 12.1 Å². The van der Waals surface area contributed by atoms with Gasteiger partial charge in [0.25, 0.3) is 0 Å². The fourth-order valence-corrected chi connectivity index (χ4v) is 3.31. The summed E-state index contributed by atoms with van der Waals surface area (Å²) in [4.78, 5) is -0.544. The van der Waals surface area contributed by atoms with Crippen molar-refractivity contribution in [2.75, 3.05) is 0 Å². The third-order valence-corrected chi connectivity index (χ3v) is 4.42. The van der Waals surface area contributed by atoms with E-state index in [4.69, 9.17) is 5.73 Å². The van der Waals surface area contributed by atoms with Gasteiger partial charge in [-0.3, -0.25) is 0 Å². The van der Waals surface area contributed by atoms with Gasteiger partial charge in [0.05, 0.1) is 0 Å². The number of nitrogens with two attached hydrogens (primary N) is 1. The van der Waals surface area contributed by atoms with Gasteiger partial charge < -0.3 is 10.5 Å². The molecule has 1 saturated carbocycles. The minimum Gasteiger partial charge on any atom is -0.404 e. The summed E-state index contributed by atoms with van der Waals surface area (Å²) < 4.78 is 66.9. The quantitative estimate of drug-likeness (QED) is 0.879. The van der Waals surface area contributed by atoms with Gasteiger partial charge in [-0.2, -0.15) is 0 Å². The molecule has 9 heteroatoms. The molecule has 0 bridgehead atoms. The zero-order valence-electron chi connectivity index (χ0n) is 10.2. The average Bonchev–Trinajstić information content (AvgIpc) is 2.25. The number of sulfonamides is 1. The first kappa shape index (κ1) is 15.1. The molecule has 1 aromatic carbocycles. The van der Waals surface area contributed by atoms with E-state index >= 15 is 0 Å². The van der Waals surface area contributed by atoms with Gasteiger partial charge in [-0.05, 0) is 25.0 Å². The topological polar surface area (TPSA) is 81.4 Å². The van der Waals surface area contributed by atoms with Crippen LogP contribution in [0.25, 0.3) is 0 Å². The second-order valence-electron chi connectivity index (χ2n) is 4.54. The highest BCUT2D eigenvalue weighted by molar-refractivity contribution is 7.89. The van der Waals surface area contributed by atoms with Gasteiger partial charge in [-0.25, -0.2) is 13.1 Å². The highest BCUT2D eigenvalue weighted by atomic mass is 32.2. The normalized spacial score (nSPS) is 23.2. The maximum Gasteiger partial charge on any atom is 0.573 e. The molecule has 1 fully saturated rings. The number of hydrogen-bond donors (Lipinski definition) is 2. The van der Waals surface area contributed by atoms with Crippen LogP contribution in [0.3, 0.4) is 0 Å². The molecule has 0 aliphatic heterocycles. The zero-order valence-corrected chi connectivity index (χ0v) is 11.0. The SMILES string of the molecule is NC1CC(NS(=O)(=O)c2ccccc2OC(F)(F)F)C1. The molecule has 0 radical (unpaired) electrons. The number of halogens is 3. The second-order valence-corrected chi connectivity index (χ2v) is 6.23. The Morgan fingerprint density at radius 3 is 2.40 bits per heavy atom. The smallest absolute Gasteiger partial charge is 0.404 e. The van der Waals surface area contributed by atoms with Crippen LogP contribution in [-0.4, -0.2) is 26.9 Å². The highest BCUT2D eigenvalue weighted by Gasteiger charge is 2.35. The molecule has 1 aliphatic carbocycles. The van der Waals surface area contributed by atoms with Crippen molar-refractivity contribution in [3.8, 4) is 5.75 Å². The number of nitrogens with one attached hydrogen (secondary N) is 1. The molecule has 0 unspecified atom stereocenters. The number of para-hydroxylation sites is 1. The molecule has 3 N–H and O–H groups in total. The van der Waals surface area contributed by atoms with E-state index in [9.17, 15) is 21.6 Å². The Morgan fingerprint density at radius 1 is 1.25 bits per heavy atom. The van der Waals surface area contributed by atoms with Gasteiger partial charge in [0.1, 0.15) is 10.6 Å². The van der Waals surface area contributed by atoms with E-state index in [1.54, 1.807) is 0 Å². The van der Waals surface area contributed by atoms with Crippen LogP contribution in [0.2, 0.25) is 0 Å². The van der Waals surface area contributed by atoms with E-state index < -0.39 is 27.0 Å². The molecule has 0 saturated heterocycles. The molecule has 0 aromatic heterocycles. The third-order valence-electron chi connectivity index (χ3n) is 2.86. The molecule has 2 rings (SSSR count). The van der Waals surface area contributed by atoms with Crippen LogP contribution in [-0.2, 0) is 10.0 Å². The summed E-state index contributed by atoms with van der Waals surface area (Å²) in [6.07, 6.45) is -4.03. The Balaban J connectivity index is 2.22. The van der Waals surface area contributed by atoms with E-state index in [1.807, 2.05) is 0 Å². The molecule has 0 spiro atoms. The van der Waals surface area contributed by atoms with Crippen LogP contribution < -0.4 is 15.2 Å². The molecular weight excluding hydrogens is 297 g/mol. The first-order chi connectivity index (χ1) is 9.17. The van der Waals surface area contributed by atoms with Gasteiger partial charge in [0.15, 0.2) is 0 Å². The van der Waals surface area contributed by atoms with Crippen molar-refractivity contribution < 1.29 is 26.3 Å². The van der Waals surface area contributed by atoms with Crippen molar-refractivity contribution in [3.05, 3.63) is 24.3 Å². The Labute approximate surface area is 114 Å². The molecule has 0 heterocycles. The summed E-state index contributed by atoms with van der Waals surface area (Å²) in [6, 6.07) is 4.17. The number of rotatable bonds is 4. The van der Waals surface area contributed by atoms with Gasteiger partial charge >= 0.3 is 6.36 Å². The molecule has 0 amide bonds. The summed E-state index contributed by atoms with van der Waals surface area (Å²) in [5, 5.41) is 0. The largest absolute Gasteiger partial charge is 0.573 e. The standard InChI is InChI=1S/C11H13F3N2O3S/c12-11(13,14)19-9-3-1-2-4-10(9)20(17,18)16-8-5-7(15)6-8/h1-4,7-8,16H,5-6,15H2. The Morgan fingerprint density at radius 2 is 1.85 bits per heavy atom. The van der Waals surface area contributed by atoms with Crippen LogP contribution in [0.1, 0.15) is 12.8 Å². The molecule has 112 valence electrons. The summed E-state index contributed by atoms with van der Waals surface area (Å²) in [7, 11) is -4.08.